The molecule has 0 saturated heterocycles. The van der Waals surface area contributed by atoms with Crippen LogP contribution in [-0.4, -0.2) is 33.1 Å². The Morgan fingerprint density at radius 1 is 1.07 bits per heavy atom. The molecule has 0 aromatic carbocycles. The van der Waals surface area contributed by atoms with Crippen molar-refractivity contribution in [2.24, 2.45) is 40.4 Å². The van der Waals surface area contributed by atoms with Gasteiger partial charge in [-0.2, -0.15) is 0 Å². The fourth-order valence-corrected chi connectivity index (χ4v) is 8.59. The number of hydrogen-bond donors (Lipinski definition) is 3. The van der Waals surface area contributed by atoms with Gasteiger partial charge in [-0.15, -0.1) is 0 Å². The molecule has 0 spiro atoms. The van der Waals surface area contributed by atoms with Crippen molar-refractivity contribution in [3.05, 3.63) is 11.6 Å². The maximum Gasteiger partial charge on any atom is 0.0849 e. The molecule has 0 aromatic heterocycles. The minimum Gasteiger partial charge on any atom is -0.393 e. The molecular formula is C27H46O3. The Kier molecular flexibility index (Phi) is 5.99. The molecule has 4 aliphatic carbocycles. The predicted molar refractivity (Wildman–Crippen MR) is 122 cm³/mol. The molecule has 0 bridgehead atoms. The van der Waals surface area contributed by atoms with E-state index in [9.17, 15) is 15.3 Å². The third-order valence-corrected chi connectivity index (χ3v) is 10.5. The largest absolute Gasteiger partial charge is 0.393 e. The van der Waals surface area contributed by atoms with Gasteiger partial charge in [-0.1, -0.05) is 32.4 Å². The van der Waals surface area contributed by atoms with Gasteiger partial charge in [-0.25, -0.2) is 0 Å². The first kappa shape index (κ1) is 22.8. The zero-order valence-corrected chi connectivity index (χ0v) is 20.0. The van der Waals surface area contributed by atoms with Gasteiger partial charge in [0, 0.05) is 0 Å². The van der Waals surface area contributed by atoms with E-state index in [1.165, 1.54) is 38.5 Å². The first-order valence-electron chi connectivity index (χ1n) is 12.7. The van der Waals surface area contributed by atoms with Gasteiger partial charge in [0.2, 0.25) is 0 Å². The standard InChI is InChI=1S/C27H46O3/c1-17(6-11-24(29)25(2,3)30)21-9-10-22-20-8-7-18-16-19(28)12-14-26(18,4)23(20)13-15-27(21,22)5/h7,17,19-24,28-30H,6,8-16H2,1-5H3/t17?,19-,20-,21+,22-,23-,24?,26-,27+/m0/s1. The number of aliphatic hydroxyl groups excluding tert-OH is 2. The van der Waals surface area contributed by atoms with Crippen LogP contribution >= 0.6 is 0 Å². The minimum atomic E-state index is -1.00. The van der Waals surface area contributed by atoms with E-state index < -0.39 is 11.7 Å². The number of allylic oxidation sites excluding steroid dienone is 1. The summed E-state index contributed by atoms with van der Waals surface area (Å²) < 4.78 is 0. The summed E-state index contributed by atoms with van der Waals surface area (Å²) in [5.41, 5.74) is 1.31. The van der Waals surface area contributed by atoms with E-state index in [1.807, 2.05) is 0 Å². The molecule has 3 fully saturated rings. The van der Waals surface area contributed by atoms with E-state index in [-0.39, 0.29) is 6.10 Å². The van der Waals surface area contributed by atoms with Crippen LogP contribution in [0.4, 0.5) is 0 Å². The van der Waals surface area contributed by atoms with Crippen LogP contribution in [0.3, 0.4) is 0 Å². The first-order valence-corrected chi connectivity index (χ1v) is 12.7. The second-order valence-electron chi connectivity index (χ2n) is 12.6. The van der Waals surface area contributed by atoms with E-state index in [1.54, 1.807) is 19.4 Å². The smallest absolute Gasteiger partial charge is 0.0849 e. The normalized spacial score (nSPS) is 45.7. The van der Waals surface area contributed by atoms with Crippen molar-refractivity contribution >= 4 is 0 Å². The number of fused-ring (bicyclic) bond motifs is 5. The van der Waals surface area contributed by atoms with Crippen LogP contribution in [-0.2, 0) is 0 Å². The van der Waals surface area contributed by atoms with Gasteiger partial charge in [-0.3, -0.25) is 0 Å². The molecule has 0 aliphatic heterocycles. The Hall–Kier alpha value is -0.380. The fraction of sp³-hybridized carbons (Fsp3) is 0.926. The lowest BCUT2D eigenvalue weighted by Gasteiger charge is -2.58. The number of hydrogen-bond acceptors (Lipinski definition) is 3. The van der Waals surface area contributed by atoms with Gasteiger partial charge in [0.25, 0.3) is 0 Å². The van der Waals surface area contributed by atoms with Crippen LogP contribution in [0, 0.1) is 40.4 Å². The molecule has 4 rings (SSSR count). The van der Waals surface area contributed by atoms with Crippen molar-refractivity contribution in [1.82, 2.24) is 0 Å². The van der Waals surface area contributed by atoms with Gasteiger partial charge in [-0.05, 0) is 118 Å². The first-order chi connectivity index (χ1) is 14.0. The highest BCUT2D eigenvalue weighted by Gasteiger charge is 2.59. The summed E-state index contributed by atoms with van der Waals surface area (Å²) in [6.45, 7) is 10.9. The lowest BCUT2D eigenvalue weighted by molar-refractivity contribution is -0.0656. The molecule has 3 heteroatoms. The summed E-state index contributed by atoms with van der Waals surface area (Å²) in [5, 5.41) is 30.6. The maximum atomic E-state index is 10.3. The van der Waals surface area contributed by atoms with E-state index in [0.29, 0.717) is 23.2 Å². The Bertz CT molecular complexity index is 664. The van der Waals surface area contributed by atoms with Crippen LogP contribution in [0.15, 0.2) is 11.6 Å². The summed E-state index contributed by atoms with van der Waals surface area (Å²) in [5.74, 6) is 3.78. The van der Waals surface area contributed by atoms with E-state index in [2.05, 4.69) is 26.8 Å². The van der Waals surface area contributed by atoms with Gasteiger partial charge in [0.05, 0.1) is 17.8 Å². The summed E-state index contributed by atoms with van der Waals surface area (Å²) >= 11 is 0. The summed E-state index contributed by atoms with van der Waals surface area (Å²) in [6, 6.07) is 0. The molecule has 3 nitrogen and oxygen atoms in total. The van der Waals surface area contributed by atoms with Gasteiger partial charge < -0.3 is 15.3 Å². The van der Waals surface area contributed by atoms with Crippen LogP contribution < -0.4 is 0 Å². The highest BCUT2D eigenvalue weighted by atomic mass is 16.3. The molecule has 0 radical (unpaired) electrons. The van der Waals surface area contributed by atoms with Gasteiger partial charge in [0.15, 0.2) is 0 Å². The van der Waals surface area contributed by atoms with Gasteiger partial charge in [0.1, 0.15) is 0 Å². The Morgan fingerprint density at radius 3 is 2.50 bits per heavy atom. The van der Waals surface area contributed by atoms with Crippen LogP contribution in [0.1, 0.15) is 98.8 Å². The maximum absolute atomic E-state index is 10.3. The van der Waals surface area contributed by atoms with Crippen LogP contribution in [0.25, 0.3) is 0 Å². The summed E-state index contributed by atoms with van der Waals surface area (Å²) in [4.78, 5) is 0. The van der Waals surface area contributed by atoms with Crippen molar-refractivity contribution in [1.29, 1.82) is 0 Å². The topological polar surface area (TPSA) is 60.7 Å². The van der Waals surface area contributed by atoms with Crippen molar-refractivity contribution in [3.8, 4) is 0 Å². The average molecular weight is 419 g/mol. The Labute approximate surface area is 184 Å². The highest BCUT2D eigenvalue weighted by Crippen LogP contribution is 2.67. The second kappa shape index (κ2) is 7.89. The summed E-state index contributed by atoms with van der Waals surface area (Å²) in [7, 11) is 0. The van der Waals surface area contributed by atoms with Crippen LogP contribution in [0.2, 0.25) is 0 Å². The fourth-order valence-electron chi connectivity index (χ4n) is 8.59. The average Bonchev–Trinajstić information content (AvgIpc) is 3.03. The number of rotatable bonds is 5. The molecule has 0 amide bonds. The predicted octanol–water partition coefficient (Wildman–Crippen LogP) is 5.47. The zero-order chi connectivity index (χ0) is 21.9. The SMILES string of the molecule is CC(CCC(O)C(C)(C)O)[C@H]1CC[C@H]2[C@@H]3CC=C4C[C@@H](O)CC[C@]4(C)[C@H]3CC[C@]12C. The second-order valence-corrected chi connectivity index (χ2v) is 12.6. The quantitative estimate of drug-likeness (QED) is 0.519. The van der Waals surface area contributed by atoms with E-state index in [4.69, 9.17) is 0 Å². The Morgan fingerprint density at radius 2 is 1.80 bits per heavy atom. The van der Waals surface area contributed by atoms with Crippen molar-refractivity contribution in [3.63, 3.8) is 0 Å². The molecule has 4 aliphatic rings. The molecule has 3 N–H and O–H groups in total. The zero-order valence-electron chi connectivity index (χ0n) is 20.0. The highest BCUT2D eigenvalue weighted by molar-refractivity contribution is 5.25. The van der Waals surface area contributed by atoms with Crippen molar-refractivity contribution in [2.45, 2.75) is 117 Å². The van der Waals surface area contributed by atoms with E-state index in [0.717, 1.165) is 42.9 Å². The summed E-state index contributed by atoms with van der Waals surface area (Å²) in [6.07, 6.45) is 13.1. The van der Waals surface area contributed by atoms with E-state index >= 15 is 0 Å². The molecule has 9 atom stereocenters. The third kappa shape index (κ3) is 3.71. The third-order valence-electron chi connectivity index (χ3n) is 10.5. The molecule has 2 unspecified atom stereocenters. The number of aliphatic hydroxyl groups is 3. The molecule has 3 saturated carbocycles. The molecule has 0 aromatic rings. The Balaban J connectivity index is 1.47. The monoisotopic (exact) mass is 418 g/mol. The molecule has 30 heavy (non-hydrogen) atoms. The van der Waals surface area contributed by atoms with Crippen molar-refractivity contribution in [2.75, 3.05) is 0 Å². The lowest BCUT2D eigenvalue weighted by atomic mass is 9.47. The van der Waals surface area contributed by atoms with Crippen molar-refractivity contribution < 1.29 is 15.3 Å². The minimum absolute atomic E-state index is 0.120. The molecule has 0 heterocycles. The van der Waals surface area contributed by atoms with Gasteiger partial charge >= 0.3 is 0 Å². The van der Waals surface area contributed by atoms with Crippen LogP contribution in [0.5, 0.6) is 0 Å². The molecule has 172 valence electrons. The lowest BCUT2D eigenvalue weighted by Crippen LogP contribution is -2.50. The molecular weight excluding hydrogens is 372 g/mol.